The number of aromatic nitrogens is 2. The molecule has 0 saturated heterocycles. The number of fused-ring (bicyclic) bond motifs is 1. The van der Waals surface area contributed by atoms with Crippen LogP contribution >= 0.6 is 34.4 Å². The van der Waals surface area contributed by atoms with E-state index in [1.165, 1.54) is 23.1 Å². The number of hydrogen-bond acceptors (Lipinski definition) is 6. The zero-order chi connectivity index (χ0) is 18.8. The van der Waals surface area contributed by atoms with Crippen LogP contribution in [0.15, 0.2) is 22.3 Å². The third-order valence-corrected chi connectivity index (χ3v) is 7.57. The van der Waals surface area contributed by atoms with Crippen LogP contribution in [0.3, 0.4) is 0 Å². The van der Waals surface area contributed by atoms with Gasteiger partial charge in [-0.25, -0.2) is 4.98 Å². The van der Waals surface area contributed by atoms with E-state index in [1.54, 1.807) is 11.3 Å². The molecule has 0 aliphatic rings. The van der Waals surface area contributed by atoms with E-state index in [0.29, 0.717) is 17.0 Å². The van der Waals surface area contributed by atoms with Crippen LogP contribution in [0.4, 0.5) is 0 Å². The topological polar surface area (TPSA) is 74.8 Å². The molecule has 5 nitrogen and oxygen atoms in total. The van der Waals surface area contributed by atoms with Crippen molar-refractivity contribution in [2.75, 3.05) is 0 Å². The fourth-order valence-corrected chi connectivity index (χ4v) is 5.13. The molecule has 3 rings (SSSR count). The minimum Gasteiger partial charge on any atom is -0.348 e. The van der Waals surface area contributed by atoms with Crippen molar-refractivity contribution in [2.45, 2.75) is 44.7 Å². The smallest absolute Gasteiger partial charge is 0.259 e. The number of rotatable bonds is 6. The van der Waals surface area contributed by atoms with Crippen LogP contribution in [0.2, 0.25) is 0 Å². The molecule has 0 saturated carbocycles. The number of nitrogens with zero attached hydrogens (tertiary/aromatic N) is 1. The molecule has 2 atom stereocenters. The Morgan fingerprint density at radius 2 is 2.15 bits per heavy atom. The molecule has 26 heavy (non-hydrogen) atoms. The van der Waals surface area contributed by atoms with E-state index in [1.807, 2.05) is 45.2 Å². The zero-order valence-corrected chi connectivity index (χ0v) is 17.5. The molecule has 0 aliphatic carbocycles. The Labute approximate surface area is 164 Å². The van der Waals surface area contributed by atoms with Gasteiger partial charge in [-0.1, -0.05) is 6.07 Å². The Kier molecular flexibility index (Phi) is 5.84. The lowest BCUT2D eigenvalue weighted by Crippen LogP contribution is -2.32. The average Bonchev–Trinajstić information content (AvgIpc) is 3.22. The normalized spacial score (nSPS) is 13.7. The molecule has 0 aromatic carbocycles. The molecule has 0 radical (unpaired) electrons. The van der Waals surface area contributed by atoms with Crippen LogP contribution in [0.25, 0.3) is 10.2 Å². The first-order chi connectivity index (χ1) is 12.4. The maximum Gasteiger partial charge on any atom is 0.259 e. The first-order valence-electron chi connectivity index (χ1n) is 8.31. The summed E-state index contributed by atoms with van der Waals surface area (Å²) in [5, 5.41) is 5.48. The van der Waals surface area contributed by atoms with E-state index < -0.39 is 0 Å². The predicted molar refractivity (Wildman–Crippen MR) is 111 cm³/mol. The number of H-pyrrole nitrogens is 1. The summed E-state index contributed by atoms with van der Waals surface area (Å²) in [6.07, 6.45) is 0. The van der Waals surface area contributed by atoms with Crippen molar-refractivity contribution in [2.24, 2.45) is 0 Å². The van der Waals surface area contributed by atoms with Crippen LogP contribution in [-0.4, -0.2) is 21.1 Å². The number of nitrogens with one attached hydrogen (secondary N) is 2. The monoisotopic (exact) mass is 407 g/mol. The highest BCUT2D eigenvalue weighted by Gasteiger charge is 2.18. The van der Waals surface area contributed by atoms with E-state index in [-0.39, 0.29) is 22.8 Å². The first-order valence-corrected chi connectivity index (χ1v) is 11.1. The standard InChI is InChI=1S/C18H21N3O2S3/c1-9-11(3)26-18-15(9)17(23)20-14(21-18)8-25-12(4)16(22)19-10(2)13-6-5-7-24-13/h5-7,10,12H,8H2,1-4H3,(H,19,22)(H,20,21,23). The molecule has 0 bridgehead atoms. The van der Waals surface area contributed by atoms with Gasteiger partial charge in [-0.15, -0.1) is 34.4 Å². The Morgan fingerprint density at radius 3 is 2.85 bits per heavy atom. The summed E-state index contributed by atoms with van der Waals surface area (Å²) in [4.78, 5) is 35.1. The van der Waals surface area contributed by atoms with Gasteiger partial charge in [0.05, 0.1) is 22.4 Å². The van der Waals surface area contributed by atoms with Crippen LogP contribution < -0.4 is 10.9 Å². The lowest BCUT2D eigenvalue weighted by atomic mass is 10.2. The Bertz CT molecular complexity index is 976. The lowest BCUT2D eigenvalue weighted by molar-refractivity contribution is -0.120. The van der Waals surface area contributed by atoms with Gasteiger partial charge >= 0.3 is 0 Å². The number of aromatic amines is 1. The third kappa shape index (κ3) is 4.02. The molecule has 1 amide bonds. The van der Waals surface area contributed by atoms with E-state index in [4.69, 9.17) is 0 Å². The van der Waals surface area contributed by atoms with Gasteiger partial charge < -0.3 is 10.3 Å². The van der Waals surface area contributed by atoms with Crippen LogP contribution in [0.5, 0.6) is 0 Å². The molecule has 2 N–H and O–H groups in total. The number of amides is 1. The van der Waals surface area contributed by atoms with Crippen molar-refractivity contribution in [3.05, 3.63) is 49.0 Å². The van der Waals surface area contributed by atoms with Gasteiger partial charge in [0.2, 0.25) is 5.91 Å². The average molecular weight is 408 g/mol. The highest BCUT2D eigenvalue weighted by atomic mass is 32.2. The predicted octanol–water partition coefficient (Wildman–Crippen LogP) is 4.16. The first kappa shape index (κ1) is 19.1. The van der Waals surface area contributed by atoms with E-state index in [9.17, 15) is 9.59 Å². The van der Waals surface area contributed by atoms with E-state index in [0.717, 1.165) is 20.1 Å². The van der Waals surface area contributed by atoms with Crippen molar-refractivity contribution in [1.29, 1.82) is 0 Å². The van der Waals surface area contributed by atoms with Gasteiger partial charge in [0.1, 0.15) is 10.7 Å². The number of carbonyl (C=O) groups excluding carboxylic acids is 1. The minimum absolute atomic E-state index is 0.00287. The third-order valence-electron chi connectivity index (χ3n) is 4.26. The fraction of sp³-hybridized carbons (Fsp3) is 0.389. The van der Waals surface area contributed by atoms with E-state index in [2.05, 4.69) is 15.3 Å². The molecular weight excluding hydrogens is 386 g/mol. The molecular formula is C18H21N3O2S3. The maximum absolute atomic E-state index is 12.4. The van der Waals surface area contributed by atoms with Crippen LogP contribution in [0, 0.1) is 13.8 Å². The summed E-state index contributed by atoms with van der Waals surface area (Å²) in [5.41, 5.74) is 0.893. The van der Waals surface area contributed by atoms with Gasteiger partial charge in [-0.3, -0.25) is 9.59 Å². The highest BCUT2D eigenvalue weighted by molar-refractivity contribution is 7.99. The molecule has 2 unspecified atom stereocenters. The van der Waals surface area contributed by atoms with Gasteiger partial charge in [-0.2, -0.15) is 0 Å². The molecule has 3 heterocycles. The highest BCUT2D eigenvalue weighted by Crippen LogP contribution is 2.26. The number of aryl methyl sites for hydroxylation is 2. The van der Waals surface area contributed by atoms with Gasteiger partial charge in [-0.05, 0) is 44.7 Å². The summed E-state index contributed by atoms with van der Waals surface area (Å²) in [5.74, 6) is 1.09. The van der Waals surface area contributed by atoms with Gasteiger partial charge in [0.15, 0.2) is 0 Å². The number of thioether (sulfide) groups is 1. The fourth-order valence-electron chi connectivity index (χ4n) is 2.59. The molecule has 3 aromatic rings. The number of hydrogen-bond donors (Lipinski definition) is 2. The van der Waals surface area contributed by atoms with Gasteiger partial charge in [0.25, 0.3) is 5.56 Å². The molecule has 8 heteroatoms. The minimum atomic E-state index is -0.231. The second kappa shape index (κ2) is 7.94. The summed E-state index contributed by atoms with van der Waals surface area (Å²) < 4.78 is 0. The van der Waals surface area contributed by atoms with E-state index >= 15 is 0 Å². The summed E-state index contributed by atoms with van der Waals surface area (Å²) in [7, 11) is 0. The second-order valence-electron chi connectivity index (χ2n) is 6.17. The van der Waals surface area contributed by atoms with Crippen LogP contribution in [-0.2, 0) is 10.5 Å². The quantitative estimate of drug-likeness (QED) is 0.643. The Morgan fingerprint density at radius 1 is 1.38 bits per heavy atom. The van der Waals surface area contributed by atoms with Gasteiger partial charge in [0, 0.05) is 9.75 Å². The summed E-state index contributed by atoms with van der Waals surface area (Å²) >= 11 is 4.64. The number of thiophene rings is 2. The zero-order valence-electron chi connectivity index (χ0n) is 15.1. The van der Waals surface area contributed by atoms with Crippen molar-refractivity contribution in [1.82, 2.24) is 15.3 Å². The SMILES string of the molecule is Cc1sc2nc(CSC(C)C(=O)NC(C)c3cccs3)[nH]c(=O)c2c1C. The summed E-state index contributed by atoms with van der Waals surface area (Å²) in [6.45, 7) is 7.80. The number of carbonyl (C=O) groups is 1. The van der Waals surface area contributed by atoms with Crippen molar-refractivity contribution in [3.63, 3.8) is 0 Å². The molecule has 3 aromatic heterocycles. The molecule has 0 fully saturated rings. The van der Waals surface area contributed by atoms with Crippen molar-refractivity contribution in [3.8, 4) is 0 Å². The Balaban J connectivity index is 1.64. The summed E-state index contributed by atoms with van der Waals surface area (Å²) in [6, 6.07) is 3.99. The molecule has 138 valence electrons. The lowest BCUT2D eigenvalue weighted by Gasteiger charge is -2.16. The molecule has 0 aliphatic heterocycles. The Hall–Kier alpha value is -1.64. The van der Waals surface area contributed by atoms with Crippen molar-refractivity contribution < 1.29 is 4.79 Å². The second-order valence-corrected chi connectivity index (χ2v) is 9.69. The van der Waals surface area contributed by atoms with Crippen LogP contribution in [0.1, 0.15) is 41.0 Å². The van der Waals surface area contributed by atoms with Crippen molar-refractivity contribution >= 4 is 50.6 Å². The molecule has 0 spiro atoms. The largest absolute Gasteiger partial charge is 0.348 e. The maximum atomic E-state index is 12.4.